The van der Waals surface area contributed by atoms with E-state index in [-0.39, 0.29) is 18.2 Å². The molecular weight excluding hydrogens is 236 g/mol. The zero-order chi connectivity index (χ0) is 14.1. The lowest BCUT2D eigenvalue weighted by Crippen LogP contribution is -2.45. The van der Waals surface area contributed by atoms with Crippen LogP contribution < -0.4 is 11.1 Å². The largest absolute Gasteiger partial charge is 0.480 e. The van der Waals surface area contributed by atoms with Crippen LogP contribution in [0.15, 0.2) is 0 Å². The van der Waals surface area contributed by atoms with Crippen LogP contribution in [0.4, 0.5) is 0 Å². The molecule has 0 rings (SSSR count). The highest BCUT2D eigenvalue weighted by molar-refractivity contribution is 5.88. The molecule has 0 heterocycles. The molecule has 0 aromatic carbocycles. The van der Waals surface area contributed by atoms with Crippen molar-refractivity contribution in [2.75, 3.05) is 0 Å². The summed E-state index contributed by atoms with van der Waals surface area (Å²) in [7, 11) is 0. The van der Waals surface area contributed by atoms with E-state index in [1.165, 1.54) is 0 Å². The molecule has 0 spiro atoms. The second kappa shape index (κ2) is 8.49. The molecule has 0 bridgehead atoms. The van der Waals surface area contributed by atoms with Crippen molar-refractivity contribution in [2.24, 2.45) is 11.7 Å². The number of nitrogens with two attached hydrogens (primary N) is 1. The molecule has 0 aliphatic carbocycles. The van der Waals surface area contributed by atoms with E-state index < -0.39 is 17.9 Å². The number of primary amides is 1. The van der Waals surface area contributed by atoms with E-state index in [2.05, 4.69) is 5.32 Å². The van der Waals surface area contributed by atoms with Crippen LogP contribution in [0.5, 0.6) is 0 Å². The van der Waals surface area contributed by atoms with Crippen molar-refractivity contribution in [3.05, 3.63) is 0 Å². The van der Waals surface area contributed by atoms with Crippen molar-refractivity contribution < 1.29 is 19.5 Å². The maximum Gasteiger partial charge on any atom is 0.326 e. The fourth-order valence-corrected chi connectivity index (χ4v) is 1.79. The predicted octanol–water partition coefficient (Wildman–Crippen LogP) is 0.648. The van der Waals surface area contributed by atoms with E-state index in [0.29, 0.717) is 12.8 Å². The van der Waals surface area contributed by atoms with E-state index in [0.717, 1.165) is 12.8 Å². The number of carbonyl (C=O) groups is 3. The first-order valence-electron chi connectivity index (χ1n) is 6.23. The third-order valence-corrected chi connectivity index (χ3v) is 2.66. The maximum absolute atomic E-state index is 11.9. The smallest absolute Gasteiger partial charge is 0.326 e. The van der Waals surface area contributed by atoms with E-state index in [4.69, 9.17) is 10.8 Å². The molecular formula is C12H22N2O4. The average Bonchev–Trinajstić information content (AvgIpc) is 2.27. The third-order valence-electron chi connectivity index (χ3n) is 2.66. The molecule has 104 valence electrons. The molecule has 4 N–H and O–H groups in total. The van der Waals surface area contributed by atoms with Crippen LogP contribution in [0.2, 0.25) is 0 Å². The first-order chi connectivity index (χ1) is 8.42. The van der Waals surface area contributed by atoms with Gasteiger partial charge in [-0.2, -0.15) is 0 Å². The molecule has 0 fully saturated rings. The van der Waals surface area contributed by atoms with E-state index in [9.17, 15) is 14.4 Å². The highest BCUT2D eigenvalue weighted by Crippen LogP contribution is 2.14. The van der Waals surface area contributed by atoms with Crippen LogP contribution in [0, 0.1) is 5.92 Å². The molecule has 0 aromatic rings. The van der Waals surface area contributed by atoms with Gasteiger partial charge in [0.2, 0.25) is 11.8 Å². The van der Waals surface area contributed by atoms with Crippen LogP contribution in [-0.2, 0) is 14.4 Å². The fourth-order valence-electron chi connectivity index (χ4n) is 1.79. The van der Waals surface area contributed by atoms with E-state index >= 15 is 0 Å². The molecule has 2 amide bonds. The second-order valence-electron chi connectivity index (χ2n) is 4.34. The normalized spacial score (nSPS) is 12.2. The summed E-state index contributed by atoms with van der Waals surface area (Å²) in [5, 5.41) is 11.3. The predicted molar refractivity (Wildman–Crippen MR) is 66.7 cm³/mol. The molecule has 0 saturated heterocycles. The number of carboxylic acid groups (broad SMARTS) is 1. The van der Waals surface area contributed by atoms with Crippen LogP contribution in [0.3, 0.4) is 0 Å². The van der Waals surface area contributed by atoms with Gasteiger partial charge < -0.3 is 16.2 Å². The second-order valence-corrected chi connectivity index (χ2v) is 4.34. The SMILES string of the molecule is CCCC(CCC)C(=O)N[C@@H](CC(N)=O)C(=O)O. The Labute approximate surface area is 107 Å². The maximum atomic E-state index is 11.9. The Balaban J connectivity index is 4.54. The molecule has 0 saturated carbocycles. The van der Waals surface area contributed by atoms with Crippen molar-refractivity contribution in [2.45, 2.75) is 52.0 Å². The van der Waals surface area contributed by atoms with Gasteiger partial charge in [0.15, 0.2) is 0 Å². The van der Waals surface area contributed by atoms with Gasteiger partial charge in [0.1, 0.15) is 6.04 Å². The van der Waals surface area contributed by atoms with Crippen LogP contribution in [0.25, 0.3) is 0 Å². The average molecular weight is 258 g/mol. The lowest BCUT2D eigenvalue weighted by atomic mass is 9.97. The Hall–Kier alpha value is -1.59. The summed E-state index contributed by atoms with van der Waals surface area (Å²) in [6.07, 6.45) is 2.74. The Morgan fingerprint density at radius 3 is 2.00 bits per heavy atom. The first-order valence-corrected chi connectivity index (χ1v) is 6.23. The number of carbonyl (C=O) groups excluding carboxylic acids is 2. The van der Waals surface area contributed by atoms with Gasteiger partial charge in [0.25, 0.3) is 0 Å². The van der Waals surface area contributed by atoms with Crippen LogP contribution in [-0.4, -0.2) is 28.9 Å². The molecule has 1 atom stereocenters. The molecule has 6 heteroatoms. The lowest BCUT2D eigenvalue weighted by Gasteiger charge is -2.18. The summed E-state index contributed by atoms with van der Waals surface area (Å²) in [6, 6.07) is -1.23. The minimum atomic E-state index is -1.24. The van der Waals surface area contributed by atoms with Gasteiger partial charge in [0.05, 0.1) is 6.42 Å². The van der Waals surface area contributed by atoms with E-state index in [1.807, 2.05) is 13.8 Å². The van der Waals surface area contributed by atoms with Gasteiger partial charge in [-0.15, -0.1) is 0 Å². The summed E-state index contributed by atoms with van der Waals surface area (Å²) >= 11 is 0. The molecule has 18 heavy (non-hydrogen) atoms. The number of amides is 2. The van der Waals surface area contributed by atoms with Crippen molar-refractivity contribution >= 4 is 17.8 Å². The number of hydrogen-bond acceptors (Lipinski definition) is 3. The highest BCUT2D eigenvalue weighted by atomic mass is 16.4. The Morgan fingerprint density at radius 2 is 1.67 bits per heavy atom. The van der Waals surface area contributed by atoms with Crippen molar-refractivity contribution in [1.82, 2.24) is 5.32 Å². The monoisotopic (exact) mass is 258 g/mol. The highest BCUT2D eigenvalue weighted by Gasteiger charge is 2.25. The zero-order valence-electron chi connectivity index (χ0n) is 10.9. The fraction of sp³-hybridized carbons (Fsp3) is 0.750. The number of nitrogens with one attached hydrogen (secondary N) is 1. The van der Waals surface area contributed by atoms with Crippen LogP contribution >= 0.6 is 0 Å². The zero-order valence-corrected chi connectivity index (χ0v) is 10.9. The number of hydrogen-bond donors (Lipinski definition) is 3. The minimum absolute atomic E-state index is 0.199. The van der Waals surface area contributed by atoms with Gasteiger partial charge in [-0.1, -0.05) is 26.7 Å². The van der Waals surface area contributed by atoms with Crippen molar-refractivity contribution in [1.29, 1.82) is 0 Å². The number of rotatable bonds is 9. The Bertz CT molecular complexity index is 298. The first kappa shape index (κ1) is 16.4. The quantitative estimate of drug-likeness (QED) is 0.564. The molecule has 0 aliphatic rings. The number of aliphatic carboxylic acids is 1. The third kappa shape index (κ3) is 6.22. The molecule has 0 unspecified atom stereocenters. The molecule has 0 aliphatic heterocycles. The summed E-state index contributed by atoms with van der Waals surface area (Å²) in [5.74, 6) is -2.50. The summed E-state index contributed by atoms with van der Waals surface area (Å²) in [5.41, 5.74) is 4.95. The van der Waals surface area contributed by atoms with Crippen LogP contribution in [0.1, 0.15) is 46.0 Å². The van der Waals surface area contributed by atoms with Gasteiger partial charge in [-0.05, 0) is 12.8 Å². The van der Waals surface area contributed by atoms with Gasteiger partial charge in [0, 0.05) is 5.92 Å². The summed E-state index contributed by atoms with van der Waals surface area (Å²) in [4.78, 5) is 33.5. The molecule has 0 radical (unpaired) electrons. The summed E-state index contributed by atoms with van der Waals surface area (Å²) in [6.45, 7) is 3.93. The van der Waals surface area contributed by atoms with E-state index in [1.54, 1.807) is 0 Å². The van der Waals surface area contributed by atoms with Crippen molar-refractivity contribution in [3.63, 3.8) is 0 Å². The van der Waals surface area contributed by atoms with Gasteiger partial charge >= 0.3 is 5.97 Å². The lowest BCUT2D eigenvalue weighted by molar-refractivity contribution is -0.144. The Morgan fingerprint density at radius 1 is 1.17 bits per heavy atom. The summed E-state index contributed by atoms with van der Waals surface area (Å²) < 4.78 is 0. The molecule has 6 nitrogen and oxygen atoms in total. The number of carboxylic acids is 1. The van der Waals surface area contributed by atoms with Gasteiger partial charge in [-0.3, -0.25) is 9.59 Å². The minimum Gasteiger partial charge on any atom is -0.480 e. The van der Waals surface area contributed by atoms with Gasteiger partial charge in [-0.25, -0.2) is 4.79 Å². The Kier molecular flexibility index (Phi) is 7.74. The van der Waals surface area contributed by atoms with Crippen molar-refractivity contribution in [3.8, 4) is 0 Å². The standard InChI is InChI=1S/C12H22N2O4/c1-3-5-8(6-4-2)11(16)14-9(12(17)18)7-10(13)15/h8-9H,3-7H2,1-2H3,(H2,13,15)(H,14,16)(H,17,18)/t9-/m0/s1. The topological polar surface area (TPSA) is 109 Å². The molecule has 0 aromatic heterocycles.